The molecule has 0 saturated carbocycles. The van der Waals surface area contributed by atoms with E-state index in [1.165, 1.54) is 13.0 Å². The molecule has 0 amide bonds. The number of hydrogen-bond donors (Lipinski definition) is 1. The van der Waals surface area contributed by atoms with E-state index in [4.69, 9.17) is 9.26 Å². The van der Waals surface area contributed by atoms with E-state index in [1.54, 1.807) is 13.0 Å². The Hall–Kier alpha value is -2.00. The first kappa shape index (κ1) is 15.4. The number of aliphatic hydroxyl groups is 1. The Balaban J connectivity index is 2.37. The number of aryl methyl sites for hydroxylation is 1. The second-order valence-electron chi connectivity index (χ2n) is 4.30. The van der Waals surface area contributed by atoms with Crippen LogP contribution in [-0.2, 0) is 6.61 Å². The zero-order chi connectivity index (χ0) is 15.6. The first-order chi connectivity index (χ1) is 9.88. The number of ether oxygens (including phenoxy) is 1. The van der Waals surface area contributed by atoms with Gasteiger partial charge in [0.2, 0.25) is 5.75 Å². The Morgan fingerprint density at radius 1 is 1.57 bits per heavy atom. The van der Waals surface area contributed by atoms with Crippen LogP contribution in [0.25, 0.3) is 0 Å². The van der Waals surface area contributed by atoms with Crippen LogP contribution >= 0.6 is 15.9 Å². The number of aliphatic hydroxyl groups excluding tert-OH is 1. The van der Waals surface area contributed by atoms with Gasteiger partial charge in [0.1, 0.15) is 0 Å². The van der Waals surface area contributed by atoms with Crippen LogP contribution in [0.15, 0.2) is 21.1 Å². The molecule has 21 heavy (non-hydrogen) atoms. The predicted molar refractivity (Wildman–Crippen MR) is 74.8 cm³/mol. The second-order valence-corrected chi connectivity index (χ2v) is 5.22. The van der Waals surface area contributed by atoms with E-state index in [1.807, 2.05) is 0 Å². The highest BCUT2D eigenvalue weighted by atomic mass is 79.9. The number of nitrogens with zero attached hydrogens (tertiary/aromatic N) is 3. The topological polar surface area (TPSA) is 112 Å². The largest absolute Gasteiger partial charge is 0.476 e. The molecule has 0 radical (unpaired) electrons. The third-order valence-corrected chi connectivity index (χ3v) is 3.08. The van der Waals surface area contributed by atoms with Crippen LogP contribution in [0.4, 0.5) is 5.69 Å². The maximum atomic E-state index is 11.1. The molecule has 0 aliphatic carbocycles. The van der Waals surface area contributed by atoms with Crippen LogP contribution in [0.1, 0.15) is 30.3 Å². The van der Waals surface area contributed by atoms with E-state index in [0.717, 1.165) is 0 Å². The Bertz CT molecular complexity index is 671. The highest BCUT2D eigenvalue weighted by Gasteiger charge is 2.24. The fraction of sp³-hybridized carbons (Fsp3) is 0.333. The van der Waals surface area contributed by atoms with Gasteiger partial charge in [0.05, 0.1) is 11.0 Å². The van der Waals surface area contributed by atoms with E-state index in [0.29, 0.717) is 15.9 Å². The molecule has 0 saturated heterocycles. The van der Waals surface area contributed by atoms with Crippen molar-refractivity contribution < 1.29 is 19.3 Å². The maximum absolute atomic E-state index is 11.1. The highest BCUT2D eigenvalue weighted by molar-refractivity contribution is 9.10. The van der Waals surface area contributed by atoms with Crippen LogP contribution in [0, 0.1) is 17.0 Å². The average Bonchev–Trinajstić information content (AvgIpc) is 2.81. The minimum Gasteiger partial charge on any atom is -0.476 e. The Morgan fingerprint density at radius 3 is 2.81 bits per heavy atom. The fourth-order valence-corrected chi connectivity index (χ4v) is 2.20. The molecular weight excluding hydrogens is 346 g/mol. The van der Waals surface area contributed by atoms with Crippen LogP contribution in [0.3, 0.4) is 0 Å². The van der Waals surface area contributed by atoms with Gasteiger partial charge in [-0.2, -0.15) is 4.98 Å². The zero-order valence-electron chi connectivity index (χ0n) is 11.2. The number of halogens is 1. The lowest BCUT2D eigenvalue weighted by Gasteiger charge is -2.13. The summed E-state index contributed by atoms with van der Waals surface area (Å²) >= 11 is 3.17. The summed E-state index contributed by atoms with van der Waals surface area (Å²) < 4.78 is 10.8. The summed E-state index contributed by atoms with van der Waals surface area (Å²) in [7, 11) is 0. The van der Waals surface area contributed by atoms with Crippen molar-refractivity contribution in [3.63, 3.8) is 0 Å². The molecule has 1 aromatic carbocycles. The minimum atomic E-state index is -0.930. The summed E-state index contributed by atoms with van der Waals surface area (Å²) in [6.07, 6.45) is -0.930. The molecule has 2 aromatic rings. The van der Waals surface area contributed by atoms with Crippen molar-refractivity contribution in [2.45, 2.75) is 26.6 Å². The number of hydrogen-bond acceptors (Lipinski definition) is 7. The molecule has 1 N–H and O–H groups in total. The van der Waals surface area contributed by atoms with Gasteiger partial charge in [0, 0.05) is 16.1 Å². The minimum absolute atomic E-state index is 0.0194. The number of nitro groups is 1. The first-order valence-corrected chi connectivity index (χ1v) is 6.75. The predicted octanol–water partition coefficient (Wildman–Crippen LogP) is 2.68. The first-order valence-electron chi connectivity index (χ1n) is 5.96. The Morgan fingerprint density at radius 2 is 2.29 bits per heavy atom. The lowest BCUT2D eigenvalue weighted by atomic mass is 10.1. The third kappa shape index (κ3) is 3.56. The molecule has 9 heteroatoms. The average molecular weight is 358 g/mol. The molecule has 0 fully saturated rings. The summed E-state index contributed by atoms with van der Waals surface area (Å²) in [5, 5.41) is 24.5. The number of nitro benzene ring substituents is 1. The van der Waals surface area contributed by atoms with Crippen LogP contribution in [-0.4, -0.2) is 20.2 Å². The number of aromatic nitrogens is 2. The van der Waals surface area contributed by atoms with Gasteiger partial charge in [-0.25, -0.2) is 0 Å². The molecule has 1 heterocycles. The summed E-state index contributed by atoms with van der Waals surface area (Å²) in [6.45, 7) is 3.02. The van der Waals surface area contributed by atoms with Crippen molar-refractivity contribution in [1.29, 1.82) is 0 Å². The van der Waals surface area contributed by atoms with Crippen molar-refractivity contribution in [2.75, 3.05) is 0 Å². The van der Waals surface area contributed by atoms with Gasteiger partial charge in [0.25, 0.3) is 5.89 Å². The van der Waals surface area contributed by atoms with Gasteiger partial charge in [-0.15, -0.1) is 0 Å². The van der Waals surface area contributed by atoms with Gasteiger partial charge >= 0.3 is 5.69 Å². The van der Waals surface area contributed by atoms with Gasteiger partial charge in [-0.05, 0) is 19.9 Å². The summed E-state index contributed by atoms with van der Waals surface area (Å²) in [5.74, 6) is 0.616. The monoisotopic (exact) mass is 357 g/mol. The van der Waals surface area contributed by atoms with E-state index in [2.05, 4.69) is 26.1 Å². The van der Waals surface area contributed by atoms with Crippen molar-refractivity contribution in [3.8, 4) is 5.75 Å². The van der Waals surface area contributed by atoms with Gasteiger partial charge < -0.3 is 14.4 Å². The quantitative estimate of drug-likeness (QED) is 0.646. The maximum Gasteiger partial charge on any atom is 0.312 e. The van der Waals surface area contributed by atoms with Gasteiger partial charge in [-0.1, -0.05) is 21.1 Å². The van der Waals surface area contributed by atoms with E-state index < -0.39 is 11.0 Å². The lowest BCUT2D eigenvalue weighted by molar-refractivity contribution is -0.386. The van der Waals surface area contributed by atoms with Crippen molar-refractivity contribution in [1.82, 2.24) is 10.1 Å². The number of benzene rings is 1. The van der Waals surface area contributed by atoms with E-state index >= 15 is 0 Å². The summed E-state index contributed by atoms with van der Waals surface area (Å²) in [6, 6.07) is 2.87. The second kappa shape index (κ2) is 6.19. The lowest BCUT2D eigenvalue weighted by Crippen LogP contribution is -2.05. The van der Waals surface area contributed by atoms with Crippen molar-refractivity contribution in [3.05, 3.63) is 44.0 Å². The molecule has 0 aliphatic rings. The Kier molecular flexibility index (Phi) is 4.53. The molecule has 0 bridgehead atoms. The molecule has 0 aliphatic heterocycles. The molecule has 2 rings (SSSR count). The molecule has 112 valence electrons. The Labute approximate surface area is 128 Å². The van der Waals surface area contributed by atoms with Crippen molar-refractivity contribution in [2.24, 2.45) is 0 Å². The highest BCUT2D eigenvalue weighted by Crippen LogP contribution is 2.38. The van der Waals surface area contributed by atoms with Crippen molar-refractivity contribution >= 4 is 21.6 Å². The molecule has 1 aromatic heterocycles. The molecular formula is C12H12BrN3O5. The van der Waals surface area contributed by atoms with Gasteiger partial charge in [-0.3, -0.25) is 10.1 Å². The molecule has 8 nitrogen and oxygen atoms in total. The SMILES string of the molecule is Cc1noc(COc2c(C(C)O)cc(Br)cc2[N+](=O)[O-])n1. The van der Waals surface area contributed by atoms with Gasteiger partial charge in [0.15, 0.2) is 12.4 Å². The molecule has 0 spiro atoms. The molecule has 1 atom stereocenters. The normalized spacial score (nSPS) is 12.2. The van der Waals surface area contributed by atoms with Crippen LogP contribution < -0.4 is 4.74 Å². The summed E-state index contributed by atoms with van der Waals surface area (Å²) in [4.78, 5) is 14.5. The summed E-state index contributed by atoms with van der Waals surface area (Å²) in [5.41, 5.74) is 0.0452. The standard InChI is InChI=1S/C12H12BrN3O5/c1-6(17)9-3-8(13)4-10(16(18)19)12(9)20-5-11-14-7(2)15-21-11/h3-4,6,17H,5H2,1-2H3. The van der Waals surface area contributed by atoms with E-state index in [9.17, 15) is 15.2 Å². The number of rotatable bonds is 5. The molecule has 1 unspecified atom stereocenters. The third-order valence-electron chi connectivity index (χ3n) is 2.62. The van der Waals surface area contributed by atoms with Crippen LogP contribution in [0.5, 0.6) is 5.75 Å². The fourth-order valence-electron chi connectivity index (χ4n) is 1.74. The van der Waals surface area contributed by atoms with Crippen LogP contribution in [0.2, 0.25) is 0 Å². The smallest absolute Gasteiger partial charge is 0.312 e. The zero-order valence-corrected chi connectivity index (χ0v) is 12.8. The van der Waals surface area contributed by atoms with E-state index in [-0.39, 0.29) is 23.9 Å².